The van der Waals surface area contributed by atoms with Crippen LogP contribution in [0.4, 0.5) is 0 Å². The summed E-state index contributed by atoms with van der Waals surface area (Å²) in [6, 6.07) is 11.1. The molecule has 4 aromatic heterocycles. The molecule has 0 N–H and O–H groups in total. The molecule has 0 atom stereocenters. The van der Waals surface area contributed by atoms with Crippen LogP contribution in [0.15, 0.2) is 68.9 Å². The van der Waals surface area contributed by atoms with Gasteiger partial charge in [-0.3, -0.25) is 9.97 Å². The highest BCUT2D eigenvalue weighted by atomic mass is 79.9. The Morgan fingerprint density at radius 2 is 1.36 bits per heavy atom. The van der Waals surface area contributed by atoms with Crippen LogP contribution < -0.4 is 11.2 Å². The van der Waals surface area contributed by atoms with Crippen LogP contribution in [0.5, 0.6) is 0 Å². The molecular formula is C26H15B2BrN8O2. The predicted octanol–water partition coefficient (Wildman–Crippen LogP) is 3.30. The zero-order valence-electron chi connectivity index (χ0n) is 20.6. The fourth-order valence-corrected chi connectivity index (χ4v) is 3.55. The topological polar surface area (TPSA) is 151 Å². The molecule has 0 aliphatic rings. The largest absolute Gasteiger partial charge is 0.443 e. The maximum absolute atomic E-state index is 8.93. The molecule has 2 aromatic carbocycles. The Morgan fingerprint density at radius 1 is 0.744 bits per heavy atom. The molecule has 4 radical (unpaired) electrons. The number of hydrogen-bond acceptors (Lipinski definition) is 10. The normalized spacial score (nSPS) is 10.1. The first-order valence-corrected chi connectivity index (χ1v) is 11.9. The van der Waals surface area contributed by atoms with Crippen molar-refractivity contribution in [3.8, 4) is 23.7 Å². The lowest BCUT2D eigenvalue weighted by atomic mass is 10.1. The minimum atomic E-state index is 0.336. The van der Waals surface area contributed by atoms with Crippen LogP contribution >= 0.6 is 15.9 Å². The number of aryl methyl sites for hydroxylation is 2. The highest BCUT2D eigenvalue weighted by molar-refractivity contribution is 9.10. The van der Waals surface area contributed by atoms with Crippen LogP contribution in [0.3, 0.4) is 0 Å². The molecule has 0 aliphatic heterocycles. The van der Waals surface area contributed by atoms with Gasteiger partial charge in [-0.15, -0.1) is 0 Å². The van der Waals surface area contributed by atoms with Gasteiger partial charge in [0.05, 0.1) is 35.7 Å². The molecule has 0 aliphatic carbocycles. The first-order chi connectivity index (χ1) is 18.8. The number of oxazole rings is 2. The van der Waals surface area contributed by atoms with Gasteiger partial charge >= 0.3 is 0 Å². The average molecular weight is 573 g/mol. The standard InChI is InChI=1S/C13H7BN4O.C9H6N2O.C4H2BBrN2/c1-7-2-8(4-15)3-9-12(7)19-13(18-9)10-5-17-11(14)6-16-10;1-6-2-7(4-10)3-8-9(6)12-5-11-8;5-3-1-8-4(6)2-7-3/h2-3,5-6H,1H3;2-3,5H,1H3;1-2H. The van der Waals surface area contributed by atoms with Crippen LogP contribution in [-0.4, -0.2) is 45.6 Å². The van der Waals surface area contributed by atoms with E-state index in [-0.39, 0.29) is 0 Å². The molecule has 6 aromatic rings. The van der Waals surface area contributed by atoms with E-state index in [9.17, 15) is 0 Å². The number of hydrogen-bond donors (Lipinski definition) is 0. The van der Waals surface area contributed by atoms with Crippen LogP contribution in [0.2, 0.25) is 0 Å². The van der Waals surface area contributed by atoms with Gasteiger partial charge < -0.3 is 8.83 Å². The van der Waals surface area contributed by atoms with E-state index in [2.05, 4.69) is 58.0 Å². The summed E-state index contributed by atoms with van der Waals surface area (Å²) >= 11 is 3.12. The van der Waals surface area contributed by atoms with Crippen LogP contribution in [0, 0.1) is 36.5 Å². The molecule has 6 rings (SSSR count). The predicted molar refractivity (Wildman–Crippen MR) is 148 cm³/mol. The summed E-state index contributed by atoms with van der Waals surface area (Å²) in [6.45, 7) is 3.77. The Hall–Kier alpha value is -4.87. The highest BCUT2D eigenvalue weighted by Crippen LogP contribution is 2.25. The molecule has 10 nitrogen and oxygen atoms in total. The summed E-state index contributed by atoms with van der Waals surface area (Å²) in [7, 11) is 10.7. The molecule has 13 heteroatoms. The van der Waals surface area contributed by atoms with Crippen molar-refractivity contribution in [2.45, 2.75) is 13.8 Å². The average Bonchev–Trinajstić information content (AvgIpc) is 3.59. The number of nitriles is 2. The van der Waals surface area contributed by atoms with Crippen molar-refractivity contribution < 1.29 is 8.83 Å². The van der Waals surface area contributed by atoms with Crippen molar-refractivity contribution in [1.29, 1.82) is 10.5 Å². The number of aromatic nitrogens is 6. The van der Waals surface area contributed by atoms with Crippen LogP contribution in [-0.2, 0) is 0 Å². The summed E-state index contributed by atoms with van der Waals surface area (Å²) in [5.41, 5.74) is 7.03. The van der Waals surface area contributed by atoms with Crippen LogP contribution in [0.25, 0.3) is 33.8 Å². The fraction of sp³-hybridized carbons (Fsp3) is 0.0769. The minimum Gasteiger partial charge on any atom is -0.443 e. The Kier molecular flexibility index (Phi) is 8.44. The van der Waals surface area contributed by atoms with Crippen molar-refractivity contribution >= 4 is 65.0 Å². The maximum Gasteiger partial charge on any atom is 0.247 e. The molecule has 39 heavy (non-hydrogen) atoms. The van der Waals surface area contributed by atoms with Gasteiger partial charge in [-0.05, 0) is 65.2 Å². The second-order valence-electron chi connectivity index (χ2n) is 7.97. The lowest BCUT2D eigenvalue weighted by molar-refractivity contribution is 0.600. The lowest BCUT2D eigenvalue weighted by Gasteiger charge is -1.94. The summed E-state index contributed by atoms with van der Waals surface area (Å²) in [4.78, 5) is 23.9. The smallest absolute Gasteiger partial charge is 0.247 e. The molecule has 0 spiro atoms. The van der Waals surface area contributed by atoms with Gasteiger partial charge in [-0.1, -0.05) is 0 Å². The molecular weight excluding hydrogens is 558 g/mol. The van der Waals surface area contributed by atoms with Crippen molar-refractivity contribution in [1.82, 2.24) is 29.9 Å². The molecule has 0 amide bonds. The van der Waals surface area contributed by atoms with E-state index in [1.165, 1.54) is 25.0 Å². The van der Waals surface area contributed by atoms with Gasteiger partial charge in [0.15, 0.2) is 17.6 Å². The van der Waals surface area contributed by atoms with Crippen molar-refractivity contribution in [2.24, 2.45) is 0 Å². The summed E-state index contributed by atoms with van der Waals surface area (Å²) in [6.07, 6.45) is 7.37. The van der Waals surface area contributed by atoms with E-state index in [1.54, 1.807) is 30.5 Å². The molecule has 0 unspecified atom stereocenters. The maximum atomic E-state index is 8.93. The number of nitrogens with zero attached hydrogens (tertiary/aromatic N) is 8. The third-order valence-electron chi connectivity index (χ3n) is 5.08. The Balaban J connectivity index is 0.000000150. The van der Waals surface area contributed by atoms with Crippen molar-refractivity contribution in [2.75, 3.05) is 0 Å². The molecule has 0 fully saturated rings. The lowest BCUT2D eigenvalue weighted by Crippen LogP contribution is -2.08. The number of fused-ring (bicyclic) bond motifs is 2. The quantitative estimate of drug-likeness (QED) is 0.268. The van der Waals surface area contributed by atoms with Crippen molar-refractivity contribution in [3.63, 3.8) is 0 Å². The SMILES string of the molecule is Cc1cc(C#N)cc2ncoc12.[B]c1cnc(-c2nc3cc(C#N)cc(C)c3o2)cn1.[B]c1cnc(Br)cn1. The van der Waals surface area contributed by atoms with E-state index in [1.807, 2.05) is 13.8 Å². The zero-order valence-corrected chi connectivity index (χ0v) is 22.2. The Labute approximate surface area is 233 Å². The summed E-state index contributed by atoms with van der Waals surface area (Å²) in [5.74, 6) is 0.362. The van der Waals surface area contributed by atoms with Crippen molar-refractivity contribution in [3.05, 3.63) is 82.3 Å². The number of benzene rings is 2. The van der Waals surface area contributed by atoms with E-state index in [0.717, 1.165) is 22.2 Å². The van der Waals surface area contributed by atoms with E-state index < -0.39 is 0 Å². The van der Waals surface area contributed by atoms with Gasteiger partial charge in [0.25, 0.3) is 0 Å². The second-order valence-corrected chi connectivity index (χ2v) is 8.78. The summed E-state index contributed by atoms with van der Waals surface area (Å²) in [5, 5.41) is 17.6. The highest BCUT2D eigenvalue weighted by Gasteiger charge is 2.12. The second kappa shape index (κ2) is 12.1. The molecule has 0 bridgehead atoms. The van der Waals surface area contributed by atoms with E-state index in [0.29, 0.717) is 49.6 Å². The van der Waals surface area contributed by atoms with E-state index >= 15 is 0 Å². The van der Waals surface area contributed by atoms with Gasteiger partial charge in [-0.2, -0.15) is 10.5 Å². The third-order valence-corrected chi connectivity index (χ3v) is 5.49. The van der Waals surface area contributed by atoms with Gasteiger partial charge in [-0.25, -0.2) is 19.9 Å². The fourth-order valence-electron chi connectivity index (χ4n) is 3.35. The van der Waals surface area contributed by atoms with Gasteiger partial charge in [0.1, 0.15) is 37.0 Å². The minimum absolute atomic E-state index is 0.336. The molecule has 0 saturated carbocycles. The molecule has 4 heterocycles. The third kappa shape index (κ3) is 6.72. The summed E-state index contributed by atoms with van der Waals surface area (Å²) < 4.78 is 11.5. The molecule has 0 saturated heterocycles. The Bertz CT molecular complexity index is 1820. The number of rotatable bonds is 1. The number of halogens is 1. The van der Waals surface area contributed by atoms with E-state index in [4.69, 9.17) is 35.1 Å². The monoisotopic (exact) mass is 572 g/mol. The molecule has 184 valence electrons. The first-order valence-electron chi connectivity index (χ1n) is 11.1. The van der Waals surface area contributed by atoms with Gasteiger partial charge in [0, 0.05) is 23.6 Å². The first kappa shape index (κ1) is 27.2. The van der Waals surface area contributed by atoms with Crippen LogP contribution in [0.1, 0.15) is 22.3 Å². The Morgan fingerprint density at radius 3 is 1.92 bits per heavy atom. The van der Waals surface area contributed by atoms with Gasteiger partial charge in [0.2, 0.25) is 5.89 Å². The zero-order chi connectivity index (χ0) is 27.9.